The van der Waals surface area contributed by atoms with Crippen LogP contribution < -0.4 is 24.4 Å². The molecule has 1 aliphatic heterocycles. The lowest BCUT2D eigenvalue weighted by Gasteiger charge is -2.31. The molecule has 0 atom stereocenters. The van der Waals surface area contributed by atoms with Gasteiger partial charge in [-0.3, -0.25) is 9.59 Å². The highest BCUT2D eigenvalue weighted by molar-refractivity contribution is 5.99. The Morgan fingerprint density at radius 1 is 1.14 bits per heavy atom. The standard InChI is InChI=1S/C22H26N2O5/c1-4-27-17-6-8-18(9-7-17)28-13-21(25)23-16-5-10-20-19(11-16)24(12-15(2)3)22(26)14-29-20/h5-11,15H,4,12-14H2,1-3H3,(H,23,25). The van der Waals surface area contributed by atoms with Gasteiger partial charge in [-0.1, -0.05) is 13.8 Å². The molecule has 2 amide bonds. The molecule has 0 fully saturated rings. The van der Waals surface area contributed by atoms with Gasteiger partial charge in [-0.15, -0.1) is 0 Å². The highest BCUT2D eigenvalue weighted by Crippen LogP contribution is 2.35. The van der Waals surface area contributed by atoms with E-state index in [0.717, 1.165) is 5.75 Å². The van der Waals surface area contributed by atoms with Gasteiger partial charge in [0.15, 0.2) is 13.2 Å². The molecule has 0 saturated heterocycles. The van der Waals surface area contributed by atoms with Crippen molar-refractivity contribution < 1.29 is 23.8 Å². The normalized spacial score (nSPS) is 13.0. The number of nitrogens with zero attached hydrogens (tertiary/aromatic N) is 1. The van der Waals surface area contributed by atoms with Crippen LogP contribution in [0, 0.1) is 5.92 Å². The van der Waals surface area contributed by atoms with Gasteiger partial charge in [0.2, 0.25) is 0 Å². The monoisotopic (exact) mass is 398 g/mol. The molecule has 0 aliphatic carbocycles. The predicted octanol–water partition coefficient (Wildman–Crippen LogP) is 3.48. The highest BCUT2D eigenvalue weighted by atomic mass is 16.5. The first-order valence-electron chi connectivity index (χ1n) is 9.69. The zero-order valence-electron chi connectivity index (χ0n) is 16.9. The second kappa shape index (κ2) is 9.32. The molecular weight excluding hydrogens is 372 g/mol. The average Bonchev–Trinajstić information content (AvgIpc) is 2.70. The SMILES string of the molecule is CCOc1ccc(OCC(=O)Nc2ccc3c(c2)N(CC(C)C)C(=O)CO3)cc1. The fourth-order valence-corrected chi connectivity index (χ4v) is 2.99. The second-order valence-electron chi connectivity index (χ2n) is 7.11. The molecule has 1 N–H and O–H groups in total. The fourth-order valence-electron chi connectivity index (χ4n) is 2.99. The van der Waals surface area contributed by atoms with Gasteiger partial charge in [-0.05, 0) is 55.3 Å². The minimum absolute atomic E-state index is 0.0291. The number of amides is 2. The Bertz CT molecular complexity index is 864. The molecule has 3 rings (SSSR count). The molecule has 0 unspecified atom stereocenters. The Balaban J connectivity index is 1.62. The lowest BCUT2D eigenvalue weighted by Crippen LogP contribution is -2.41. The van der Waals surface area contributed by atoms with Crippen LogP contribution in [-0.4, -0.2) is 38.2 Å². The largest absolute Gasteiger partial charge is 0.494 e. The Kier molecular flexibility index (Phi) is 6.59. The van der Waals surface area contributed by atoms with Crippen LogP contribution in [-0.2, 0) is 9.59 Å². The maximum atomic E-state index is 12.3. The van der Waals surface area contributed by atoms with E-state index in [0.29, 0.717) is 41.9 Å². The minimum Gasteiger partial charge on any atom is -0.494 e. The molecule has 29 heavy (non-hydrogen) atoms. The van der Waals surface area contributed by atoms with Crippen LogP contribution in [0.1, 0.15) is 20.8 Å². The van der Waals surface area contributed by atoms with Crippen LogP contribution >= 0.6 is 0 Å². The second-order valence-corrected chi connectivity index (χ2v) is 7.11. The van der Waals surface area contributed by atoms with E-state index in [-0.39, 0.29) is 25.0 Å². The van der Waals surface area contributed by atoms with Gasteiger partial charge >= 0.3 is 0 Å². The van der Waals surface area contributed by atoms with Crippen molar-refractivity contribution in [3.8, 4) is 17.2 Å². The summed E-state index contributed by atoms with van der Waals surface area (Å²) in [6.45, 7) is 7.09. The Labute approximate surface area is 170 Å². The molecule has 0 saturated carbocycles. The molecule has 154 valence electrons. The van der Waals surface area contributed by atoms with Gasteiger partial charge in [-0.25, -0.2) is 0 Å². The molecule has 2 aromatic rings. The van der Waals surface area contributed by atoms with Gasteiger partial charge in [0, 0.05) is 12.2 Å². The van der Waals surface area contributed by atoms with Gasteiger partial charge in [0.1, 0.15) is 17.2 Å². The third-order valence-corrected chi connectivity index (χ3v) is 4.24. The van der Waals surface area contributed by atoms with Crippen LogP contribution in [0.3, 0.4) is 0 Å². The number of fused-ring (bicyclic) bond motifs is 1. The summed E-state index contributed by atoms with van der Waals surface area (Å²) in [5, 5.41) is 2.80. The van der Waals surface area contributed by atoms with Crippen molar-refractivity contribution >= 4 is 23.2 Å². The first-order chi connectivity index (χ1) is 14.0. The van der Waals surface area contributed by atoms with Crippen molar-refractivity contribution in [3.05, 3.63) is 42.5 Å². The summed E-state index contributed by atoms with van der Waals surface area (Å²) in [5.74, 6) is 1.89. The summed E-state index contributed by atoms with van der Waals surface area (Å²) in [6, 6.07) is 12.4. The van der Waals surface area contributed by atoms with E-state index >= 15 is 0 Å². The zero-order chi connectivity index (χ0) is 20.8. The Hall–Kier alpha value is -3.22. The highest BCUT2D eigenvalue weighted by Gasteiger charge is 2.26. The number of carbonyl (C=O) groups excluding carboxylic acids is 2. The van der Waals surface area contributed by atoms with Gasteiger partial charge in [0.25, 0.3) is 11.8 Å². The zero-order valence-corrected chi connectivity index (χ0v) is 16.9. The fraction of sp³-hybridized carbons (Fsp3) is 0.364. The molecule has 0 spiro atoms. The van der Waals surface area contributed by atoms with Gasteiger partial charge in [-0.2, -0.15) is 0 Å². The minimum atomic E-state index is -0.294. The number of benzene rings is 2. The molecule has 2 aromatic carbocycles. The van der Waals surface area contributed by atoms with E-state index in [1.165, 1.54) is 0 Å². The Morgan fingerprint density at radius 3 is 2.48 bits per heavy atom. The van der Waals surface area contributed by atoms with Crippen LogP contribution in [0.15, 0.2) is 42.5 Å². The van der Waals surface area contributed by atoms with E-state index in [1.807, 2.05) is 20.8 Å². The van der Waals surface area contributed by atoms with E-state index < -0.39 is 0 Å². The van der Waals surface area contributed by atoms with E-state index in [4.69, 9.17) is 14.2 Å². The molecule has 7 heteroatoms. The first kappa shape index (κ1) is 20.5. The van der Waals surface area contributed by atoms with Crippen molar-refractivity contribution in [2.75, 3.05) is 36.6 Å². The number of ether oxygens (including phenoxy) is 3. The molecule has 1 heterocycles. The predicted molar refractivity (Wildman–Crippen MR) is 111 cm³/mol. The van der Waals surface area contributed by atoms with Gasteiger partial charge < -0.3 is 24.4 Å². The molecule has 0 radical (unpaired) electrons. The molecule has 0 aromatic heterocycles. The number of anilines is 2. The number of rotatable bonds is 8. The third kappa shape index (κ3) is 5.40. The van der Waals surface area contributed by atoms with Crippen LogP contribution in [0.2, 0.25) is 0 Å². The molecule has 1 aliphatic rings. The molecule has 7 nitrogen and oxygen atoms in total. The maximum absolute atomic E-state index is 12.3. The third-order valence-electron chi connectivity index (χ3n) is 4.24. The van der Waals surface area contributed by atoms with Crippen LogP contribution in [0.5, 0.6) is 17.2 Å². The summed E-state index contributed by atoms with van der Waals surface area (Å²) in [7, 11) is 0. The van der Waals surface area contributed by atoms with E-state index in [2.05, 4.69) is 5.32 Å². The van der Waals surface area contributed by atoms with Crippen LogP contribution in [0.4, 0.5) is 11.4 Å². The summed E-state index contributed by atoms with van der Waals surface area (Å²) in [5.41, 5.74) is 1.25. The quantitative estimate of drug-likeness (QED) is 0.737. The topological polar surface area (TPSA) is 77.1 Å². The van der Waals surface area contributed by atoms with E-state index in [9.17, 15) is 9.59 Å². The first-order valence-corrected chi connectivity index (χ1v) is 9.69. The number of hydrogen-bond donors (Lipinski definition) is 1. The summed E-state index contributed by atoms with van der Waals surface area (Å²) in [6.07, 6.45) is 0. The molecular formula is C22H26N2O5. The van der Waals surface area contributed by atoms with Crippen LogP contribution in [0.25, 0.3) is 0 Å². The van der Waals surface area contributed by atoms with Gasteiger partial charge in [0.05, 0.1) is 12.3 Å². The van der Waals surface area contributed by atoms with Crippen molar-refractivity contribution in [2.24, 2.45) is 5.92 Å². The number of nitrogens with one attached hydrogen (secondary N) is 1. The number of carbonyl (C=O) groups is 2. The Morgan fingerprint density at radius 2 is 1.83 bits per heavy atom. The lowest BCUT2D eigenvalue weighted by molar-refractivity contribution is -0.121. The van der Waals surface area contributed by atoms with Crippen molar-refractivity contribution in [1.82, 2.24) is 0 Å². The number of hydrogen-bond acceptors (Lipinski definition) is 5. The van der Waals surface area contributed by atoms with Crippen molar-refractivity contribution in [2.45, 2.75) is 20.8 Å². The molecule has 0 bridgehead atoms. The van der Waals surface area contributed by atoms with Crippen molar-refractivity contribution in [1.29, 1.82) is 0 Å². The summed E-state index contributed by atoms with van der Waals surface area (Å²) >= 11 is 0. The van der Waals surface area contributed by atoms with Crippen molar-refractivity contribution in [3.63, 3.8) is 0 Å². The smallest absolute Gasteiger partial charge is 0.265 e. The lowest BCUT2D eigenvalue weighted by atomic mass is 10.1. The van der Waals surface area contributed by atoms with E-state index in [1.54, 1.807) is 47.4 Å². The maximum Gasteiger partial charge on any atom is 0.265 e. The summed E-state index contributed by atoms with van der Waals surface area (Å²) in [4.78, 5) is 26.2. The average molecular weight is 398 g/mol. The summed E-state index contributed by atoms with van der Waals surface area (Å²) < 4.78 is 16.4.